The van der Waals surface area contributed by atoms with Crippen molar-refractivity contribution in [2.24, 2.45) is 5.92 Å². The van der Waals surface area contributed by atoms with E-state index < -0.39 is 0 Å². The fourth-order valence-corrected chi connectivity index (χ4v) is 3.75. The van der Waals surface area contributed by atoms with Crippen molar-refractivity contribution in [1.29, 1.82) is 0 Å². The normalized spacial score (nSPS) is 34.8. The topological polar surface area (TPSA) is 24.5 Å². The summed E-state index contributed by atoms with van der Waals surface area (Å²) in [7, 11) is 0. The van der Waals surface area contributed by atoms with Crippen molar-refractivity contribution < 1.29 is 4.74 Å². The van der Waals surface area contributed by atoms with Gasteiger partial charge >= 0.3 is 0 Å². The molecule has 21 heavy (non-hydrogen) atoms. The summed E-state index contributed by atoms with van der Waals surface area (Å²) < 4.78 is 5.73. The third kappa shape index (κ3) is 3.47. The molecule has 3 nitrogen and oxygen atoms in total. The molecule has 0 bridgehead atoms. The van der Waals surface area contributed by atoms with E-state index in [1.807, 2.05) is 0 Å². The van der Waals surface area contributed by atoms with Gasteiger partial charge in [0.15, 0.2) is 0 Å². The number of hydrogen-bond donors (Lipinski definition) is 1. The van der Waals surface area contributed by atoms with Gasteiger partial charge in [-0.1, -0.05) is 30.3 Å². The Morgan fingerprint density at radius 3 is 2.86 bits per heavy atom. The van der Waals surface area contributed by atoms with Gasteiger partial charge in [0.2, 0.25) is 0 Å². The molecule has 1 N–H and O–H groups in total. The molecule has 0 radical (unpaired) electrons. The lowest BCUT2D eigenvalue weighted by Crippen LogP contribution is -2.47. The first-order valence-corrected chi connectivity index (χ1v) is 8.32. The van der Waals surface area contributed by atoms with E-state index in [0.717, 1.165) is 19.7 Å². The standard InChI is InChI=1S/C18H28N2O/c1-15-16(9-12-21-15)13-20-11-6-10-19-18(2,14-20)17-7-4-3-5-8-17/h3-5,7-8,15-16,19H,6,9-14H2,1-2H3. The quantitative estimate of drug-likeness (QED) is 0.925. The molecule has 1 aromatic rings. The van der Waals surface area contributed by atoms with Crippen LogP contribution in [-0.2, 0) is 10.3 Å². The van der Waals surface area contributed by atoms with Gasteiger partial charge in [-0.2, -0.15) is 0 Å². The molecule has 0 amide bonds. The lowest BCUT2D eigenvalue weighted by atomic mass is 9.91. The summed E-state index contributed by atoms with van der Waals surface area (Å²) in [6.45, 7) is 10.1. The molecule has 0 saturated carbocycles. The summed E-state index contributed by atoms with van der Waals surface area (Å²) in [4.78, 5) is 2.64. The van der Waals surface area contributed by atoms with Crippen LogP contribution < -0.4 is 5.32 Å². The maximum Gasteiger partial charge on any atom is 0.0588 e. The Hall–Kier alpha value is -0.900. The summed E-state index contributed by atoms with van der Waals surface area (Å²) in [6, 6.07) is 10.9. The highest BCUT2D eigenvalue weighted by atomic mass is 16.5. The first kappa shape index (κ1) is 15.0. The van der Waals surface area contributed by atoms with Crippen molar-refractivity contribution in [3.8, 4) is 0 Å². The Morgan fingerprint density at radius 1 is 1.33 bits per heavy atom. The van der Waals surface area contributed by atoms with Gasteiger partial charge in [0.25, 0.3) is 0 Å². The number of nitrogens with zero attached hydrogens (tertiary/aromatic N) is 1. The minimum Gasteiger partial charge on any atom is -0.378 e. The maximum absolute atomic E-state index is 5.73. The van der Waals surface area contributed by atoms with Crippen LogP contribution in [0.2, 0.25) is 0 Å². The van der Waals surface area contributed by atoms with Crippen molar-refractivity contribution >= 4 is 0 Å². The monoisotopic (exact) mass is 288 g/mol. The Kier molecular flexibility index (Phi) is 4.63. The van der Waals surface area contributed by atoms with Crippen LogP contribution in [0.4, 0.5) is 0 Å². The highest BCUT2D eigenvalue weighted by molar-refractivity contribution is 5.24. The second-order valence-corrected chi connectivity index (χ2v) is 6.84. The number of ether oxygens (including phenoxy) is 1. The Balaban J connectivity index is 1.71. The van der Waals surface area contributed by atoms with Crippen molar-refractivity contribution in [3.05, 3.63) is 35.9 Å². The van der Waals surface area contributed by atoms with E-state index in [0.29, 0.717) is 12.0 Å². The van der Waals surface area contributed by atoms with Gasteiger partial charge in [0.05, 0.1) is 11.6 Å². The van der Waals surface area contributed by atoms with Crippen LogP contribution in [0.5, 0.6) is 0 Å². The molecule has 0 aromatic heterocycles. The maximum atomic E-state index is 5.73. The van der Waals surface area contributed by atoms with Crippen LogP contribution in [0.15, 0.2) is 30.3 Å². The largest absolute Gasteiger partial charge is 0.378 e. The molecule has 0 aliphatic carbocycles. The minimum absolute atomic E-state index is 0.0560. The van der Waals surface area contributed by atoms with E-state index in [-0.39, 0.29) is 5.54 Å². The zero-order valence-electron chi connectivity index (χ0n) is 13.3. The molecule has 116 valence electrons. The molecule has 3 atom stereocenters. The first-order valence-electron chi connectivity index (χ1n) is 8.32. The fraction of sp³-hybridized carbons (Fsp3) is 0.667. The van der Waals surface area contributed by atoms with E-state index in [4.69, 9.17) is 4.74 Å². The molecule has 2 heterocycles. The average molecular weight is 288 g/mol. The molecule has 2 fully saturated rings. The average Bonchev–Trinajstić information content (AvgIpc) is 2.79. The Bertz CT molecular complexity index is 450. The van der Waals surface area contributed by atoms with Gasteiger partial charge in [-0.15, -0.1) is 0 Å². The van der Waals surface area contributed by atoms with Crippen LogP contribution in [0.1, 0.15) is 32.3 Å². The number of hydrogen-bond acceptors (Lipinski definition) is 3. The van der Waals surface area contributed by atoms with Gasteiger partial charge in [0.1, 0.15) is 0 Å². The van der Waals surface area contributed by atoms with Gasteiger partial charge in [-0.3, -0.25) is 0 Å². The molecule has 0 spiro atoms. The predicted molar refractivity (Wildman–Crippen MR) is 86.4 cm³/mol. The third-order valence-corrected chi connectivity index (χ3v) is 5.14. The summed E-state index contributed by atoms with van der Waals surface area (Å²) in [5.41, 5.74) is 1.45. The molecule has 2 aliphatic heterocycles. The Morgan fingerprint density at radius 2 is 2.14 bits per heavy atom. The number of nitrogens with one attached hydrogen (secondary N) is 1. The van der Waals surface area contributed by atoms with Crippen LogP contribution in [0.25, 0.3) is 0 Å². The van der Waals surface area contributed by atoms with E-state index in [1.165, 1.54) is 31.5 Å². The first-order chi connectivity index (χ1) is 10.2. The molecular weight excluding hydrogens is 260 g/mol. The second kappa shape index (κ2) is 6.47. The number of benzene rings is 1. The molecule has 3 rings (SSSR count). The van der Waals surface area contributed by atoms with Crippen molar-refractivity contribution in [3.63, 3.8) is 0 Å². The molecule has 1 aromatic carbocycles. The third-order valence-electron chi connectivity index (χ3n) is 5.14. The van der Waals surface area contributed by atoms with Gasteiger partial charge in [-0.05, 0) is 51.3 Å². The van der Waals surface area contributed by atoms with Crippen LogP contribution in [0.3, 0.4) is 0 Å². The lowest BCUT2D eigenvalue weighted by Gasteiger charge is -2.35. The molecule has 2 aliphatic rings. The molecule has 3 heteroatoms. The summed E-state index contributed by atoms with van der Waals surface area (Å²) in [5.74, 6) is 0.697. The lowest BCUT2D eigenvalue weighted by molar-refractivity contribution is 0.0891. The highest BCUT2D eigenvalue weighted by Crippen LogP contribution is 2.27. The van der Waals surface area contributed by atoms with E-state index in [1.54, 1.807) is 0 Å². The van der Waals surface area contributed by atoms with Gasteiger partial charge in [-0.25, -0.2) is 0 Å². The SMILES string of the molecule is CC1OCCC1CN1CCCNC(C)(c2ccccc2)C1. The van der Waals surface area contributed by atoms with E-state index in [2.05, 4.69) is 54.4 Å². The number of rotatable bonds is 3. The molecular formula is C18H28N2O. The summed E-state index contributed by atoms with van der Waals surface area (Å²) >= 11 is 0. The minimum atomic E-state index is 0.0560. The van der Waals surface area contributed by atoms with Gasteiger partial charge in [0, 0.05) is 19.7 Å². The Labute approximate surface area is 128 Å². The predicted octanol–water partition coefficient (Wildman–Crippen LogP) is 2.62. The molecule has 2 saturated heterocycles. The van der Waals surface area contributed by atoms with Crippen molar-refractivity contribution in [2.75, 3.05) is 32.8 Å². The van der Waals surface area contributed by atoms with Crippen LogP contribution in [-0.4, -0.2) is 43.8 Å². The summed E-state index contributed by atoms with van der Waals surface area (Å²) in [6.07, 6.45) is 2.86. The zero-order chi connectivity index (χ0) is 14.7. The second-order valence-electron chi connectivity index (χ2n) is 6.84. The van der Waals surface area contributed by atoms with E-state index in [9.17, 15) is 0 Å². The van der Waals surface area contributed by atoms with Gasteiger partial charge < -0.3 is 15.0 Å². The van der Waals surface area contributed by atoms with Crippen LogP contribution in [0, 0.1) is 5.92 Å². The fourth-order valence-electron chi connectivity index (χ4n) is 3.75. The smallest absolute Gasteiger partial charge is 0.0588 e. The highest BCUT2D eigenvalue weighted by Gasteiger charge is 2.33. The van der Waals surface area contributed by atoms with Crippen molar-refractivity contribution in [1.82, 2.24) is 10.2 Å². The zero-order valence-corrected chi connectivity index (χ0v) is 13.3. The van der Waals surface area contributed by atoms with Crippen LogP contribution >= 0.6 is 0 Å². The van der Waals surface area contributed by atoms with E-state index >= 15 is 0 Å². The van der Waals surface area contributed by atoms with Crippen molar-refractivity contribution in [2.45, 2.75) is 38.3 Å². The molecule has 3 unspecified atom stereocenters. The summed E-state index contributed by atoms with van der Waals surface area (Å²) in [5, 5.41) is 3.77.